The Morgan fingerprint density at radius 1 is 0.520 bits per heavy atom. The summed E-state index contributed by atoms with van der Waals surface area (Å²) in [6, 6.07) is 46.5. The van der Waals surface area contributed by atoms with Crippen molar-refractivity contribution in [3.8, 4) is 61.8 Å². The van der Waals surface area contributed by atoms with Crippen LogP contribution in [0, 0.1) is 0 Å². The number of para-hydroxylation sites is 1. The van der Waals surface area contributed by atoms with Gasteiger partial charge in [-0.25, -0.2) is 4.98 Å². The minimum Gasteiger partial charge on any atom is -0.507 e. The molecule has 8 aromatic rings. The highest BCUT2D eigenvalue weighted by Crippen LogP contribution is 2.45. The van der Waals surface area contributed by atoms with E-state index in [1.165, 1.54) is 36.9 Å². The summed E-state index contributed by atoms with van der Waals surface area (Å²) in [5, 5.41) is 13.5. The molecule has 0 aliphatic carbocycles. The van der Waals surface area contributed by atoms with Gasteiger partial charge in [0.05, 0.1) is 17.1 Å². The van der Waals surface area contributed by atoms with Crippen LogP contribution in [-0.2, 0) is 0 Å². The maximum Gasteiger partial charge on any atom is 0.124 e. The number of benzene rings is 5. The number of phenols is 1. The van der Waals surface area contributed by atoms with E-state index in [0.29, 0.717) is 17.4 Å². The molecule has 0 bridgehead atoms. The standard InChI is InChI=1S/C46H38N2OS/c1-28(2)34-17-12-18-35(29(3)4)45(34)33-26-40(48-42(27-33)37-16-8-10-19-43(37)49)32-23-38-36-15-9-11-20-44(36)50-46(38)39(24-32)41-25-31(21-22-47-41)30-13-6-5-7-14-30/h5-29,49H,1-4H3. The van der Waals surface area contributed by atoms with Crippen molar-refractivity contribution in [1.29, 1.82) is 0 Å². The number of fused-ring (bicyclic) bond motifs is 3. The molecule has 0 aliphatic rings. The number of aromatic hydroxyl groups is 1. The number of pyridine rings is 2. The first-order chi connectivity index (χ1) is 24.4. The Bertz CT molecular complexity index is 2490. The molecule has 0 aliphatic heterocycles. The van der Waals surface area contributed by atoms with Gasteiger partial charge in [0.1, 0.15) is 5.75 Å². The maximum atomic E-state index is 11.1. The molecule has 1 N–H and O–H groups in total. The Balaban J connectivity index is 1.43. The highest BCUT2D eigenvalue weighted by Gasteiger charge is 2.21. The molecule has 50 heavy (non-hydrogen) atoms. The van der Waals surface area contributed by atoms with Gasteiger partial charge in [0.25, 0.3) is 0 Å². The van der Waals surface area contributed by atoms with Crippen molar-refractivity contribution >= 4 is 31.5 Å². The van der Waals surface area contributed by atoms with Crippen molar-refractivity contribution in [2.24, 2.45) is 0 Å². The van der Waals surface area contributed by atoms with Crippen LogP contribution in [0.5, 0.6) is 5.75 Å². The number of nitrogens with zero attached hydrogens (tertiary/aromatic N) is 2. The Hall–Kier alpha value is -5.58. The number of hydrogen-bond donors (Lipinski definition) is 1. The number of hydrogen-bond acceptors (Lipinski definition) is 4. The number of thiophene rings is 1. The lowest BCUT2D eigenvalue weighted by Gasteiger charge is -2.21. The topological polar surface area (TPSA) is 46.0 Å². The van der Waals surface area contributed by atoms with Crippen molar-refractivity contribution < 1.29 is 5.11 Å². The van der Waals surface area contributed by atoms with Crippen molar-refractivity contribution in [2.75, 3.05) is 0 Å². The highest BCUT2D eigenvalue weighted by molar-refractivity contribution is 7.26. The molecule has 0 atom stereocenters. The second kappa shape index (κ2) is 13.0. The third-order valence-electron chi connectivity index (χ3n) is 9.58. The van der Waals surface area contributed by atoms with E-state index in [4.69, 9.17) is 9.97 Å². The molecule has 0 saturated heterocycles. The van der Waals surface area contributed by atoms with E-state index in [9.17, 15) is 5.11 Å². The predicted octanol–water partition coefficient (Wildman–Crippen LogP) is 13.1. The van der Waals surface area contributed by atoms with Gasteiger partial charge in [0, 0.05) is 43.1 Å². The number of rotatable bonds is 7. The van der Waals surface area contributed by atoms with Gasteiger partial charge in [-0.2, -0.15) is 0 Å². The van der Waals surface area contributed by atoms with Crippen LogP contribution < -0.4 is 0 Å². The largest absolute Gasteiger partial charge is 0.507 e. The molecule has 0 unspecified atom stereocenters. The Morgan fingerprint density at radius 3 is 1.96 bits per heavy atom. The fraction of sp³-hybridized carbons (Fsp3) is 0.130. The lowest BCUT2D eigenvalue weighted by Crippen LogP contribution is -2.01. The van der Waals surface area contributed by atoms with E-state index in [-0.39, 0.29) is 5.75 Å². The lowest BCUT2D eigenvalue weighted by atomic mass is 9.84. The summed E-state index contributed by atoms with van der Waals surface area (Å²) in [6.45, 7) is 9.03. The van der Waals surface area contributed by atoms with E-state index >= 15 is 0 Å². The first-order valence-corrected chi connectivity index (χ1v) is 18.1. The van der Waals surface area contributed by atoms with E-state index in [2.05, 4.69) is 131 Å². The molecule has 5 aromatic carbocycles. The average molecular weight is 667 g/mol. The molecule has 0 radical (unpaired) electrons. The monoisotopic (exact) mass is 666 g/mol. The molecular formula is C46H38N2OS. The Kier molecular flexibility index (Phi) is 8.26. The maximum absolute atomic E-state index is 11.1. The molecule has 0 spiro atoms. The van der Waals surface area contributed by atoms with Gasteiger partial charge in [0.2, 0.25) is 0 Å². The van der Waals surface area contributed by atoms with E-state index in [0.717, 1.165) is 44.9 Å². The van der Waals surface area contributed by atoms with Crippen LogP contribution in [0.3, 0.4) is 0 Å². The van der Waals surface area contributed by atoms with Gasteiger partial charge in [-0.15, -0.1) is 11.3 Å². The first-order valence-electron chi connectivity index (χ1n) is 17.3. The third-order valence-corrected chi connectivity index (χ3v) is 10.8. The van der Waals surface area contributed by atoms with Gasteiger partial charge >= 0.3 is 0 Å². The predicted molar refractivity (Wildman–Crippen MR) is 212 cm³/mol. The molecule has 0 saturated carbocycles. The summed E-state index contributed by atoms with van der Waals surface area (Å²) in [4.78, 5) is 10.3. The minimum atomic E-state index is 0.214. The number of aromatic nitrogens is 2. The lowest BCUT2D eigenvalue weighted by molar-refractivity contribution is 0.477. The SMILES string of the molecule is CC(C)c1cccc(C(C)C)c1-c1cc(-c2cc(-c3cc(-c4ccccc4)ccn3)c3sc4ccccc4c3c2)nc(-c2ccccc2O)c1. The average Bonchev–Trinajstić information content (AvgIpc) is 3.53. The van der Waals surface area contributed by atoms with Crippen LogP contribution >= 0.6 is 11.3 Å². The van der Waals surface area contributed by atoms with E-state index in [1.807, 2.05) is 41.8 Å². The van der Waals surface area contributed by atoms with Gasteiger partial charge in [-0.1, -0.05) is 107 Å². The molecule has 244 valence electrons. The number of phenolic OH excluding ortho intramolecular Hbond substituents is 1. The van der Waals surface area contributed by atoms with Crippen molar-refractivity contribution in [3.63, 3.8) is 0 Å². The third kappa shape index (κ3) is 5.76. The minimum absolute atomic E-state index is 0.214. The van der Waals surface area contributed by atoms with Crippen molar-refractivity contribution in [2.45, 2.75) is 39.5 Å². The summed E-state index contributed by atoms with van der Waals surface area (Å²) in [5.74, 6) is 0.875. The van der Waals surface area contributed by atoms with Crippen LogP contribution in [0.1, 0.15) is 50.7 Å². The normalized spacial score (nSPS) is 11.6. The Morgan fingerprint density at radius 2 is 1.20 bits per heavy atom. The van der Waals surface area contributed by atoms with Crippen molar-refractivity contribution in [3.05, 3.63) is 151 Å². The summed E-state index contributed by atoms with van der Waals surface area (Å²) in [6.07, 6.45) is 1.91. The molecule has 0 fully saturated rings. The molecule has 8 rings (SSSR count). The van der Waals surface area contributed by atoms with Gasteiger partial charge in [-0.05, 0) is 99.8 Å². The molecule has 4 heteroatoms. The van der Waals surface area contributed by atoms with Crippen LogP contribution in [0.2, 0.25) is 0 Å². The second-order valence-electron chi connectivity index (χ2n) is 13.6. The molecule has 3 heterocycles. The fourth-order valence-corrected chi connectivity index (χ4v) is 8.30. The second-order valence-corrected chi connectivity index (χ2v) is 14.6. The molecule has 3 nitrogen and oxygen atoms in total. The zero-order valence-corrected chi connectivity index (χ0v) is 29.5. The quantitative estimate of drug-likeness (QED) is 0.184. The van der Waals surface area contributed by atoms with Gasteiger partial charge in [0.15, 0.2) is 0 Å². The zero-order chi connectivity index (χ0) is 34.4. The molecule has 0 amide bonds. The summed E-state index contributed by atoms with van der Waals surface area (Å²) >= 11 is 1.81. The van der Waals surface area contributed by atoms with Crippen LogP contribution in [0.25, 0.3) is 76.2 Å². The summed E-state index contributed by atoms with van der Waals surface area (Å²) in [7, 11) is 0. The summed E-state index contributed by atoms with van der Waals surface area (Å²) < 4.78 is 2.45. The fourth-order valence-electron chi connectivity index (χ4n) is 7.09. The van der Waals surface area contributed by atoms with Crippen molar-refractivity contribution in [1.82, 2.24) is 9.97 Å². The zero-order valence-electron chi connectivity index (χ0n) is 28.7. The van der Waals surface area contributed by atoms with E-state index < -0.39 is 0 Å². The highest BCUT2D eigenvalue weighted by atomic mass is 32.1. The Labute approximate surface area is 297 Å². The van der Waals surface area contributed by atoms with Gasteiger partial charge < -0.3 is 5.11 Å². The van der Waals surface area contributed by atoms with Crippen LogP contribution in [-0.4, -0.2) is 15.1 Å². The van der Waals surface area contributed by atoms with Gasteiger partial charge in [-0.3, -0.25) is 4.98 Å². The van der Waals surface area contributed by atoms with Crippen LogP contribution in [0.4, 0.5) is 0 Å². The van der Waals surface area contributed by atoms with E-state index in [1.54, 1.807) is 6.07 Å². The molecular weight excluding hydrogens is 629 g/mol. The first kappa shape index (κ1) is 31.7. The summed E-state index contributed by atoms with van der Waals surface area (Å²) in [5.41, 5.74) is 12.6. The van der Waals surface area contributed by atoms with Crippen LogP contribution in [0.15, 0.2) is 140 Å². The smallest absolute Gasteiger partial charge is 0.124 e. The molecule has 3 aromatic heterocycles.